The molecule has 2 aromatic carbocycles. The summed E-state index contributed by atoms with van der Waals surface area (Å²) in [5, 5.41) is 0. The SMILES string of the molecule is COc1c(C)cnc(CN(C(=O)OC(C)(C)C)c2cc(C)cc(-c3cccc(S)c3)c2)c1C. The minimum absolute atomic E-state index is 0.257. The minimum atomic E-state index is -0.629. The number of hydrogen-bond donors (Lipinski definition) is 1. The Morgan fingerprint density at radius 3 is 2.42 bits per heavy atom. The molecule has 0 atom stereocenters. The predicted octanol–water partition coefficient (Wildman–Crippen LogP) is 6.91. The third-order valence-electron chi connectivity index (χ3n) is 5.22. The fourth-order valence-corrected chi connectivity index (χ4v) is 3.95. The molecule has 1 aromatic heterocycles. The van der Waals surface area contributed by atoms with E-state index < -0.39 is 11.7 Å². The number of benzene rings is 2. The normalized spacial score (nSPS) is 11.3. The molecular formula is C27H32N2O3S. The summed E-state index contributed by atoms with van der Waals surface area (Å²) < 4.78 is 11.3. The molecule has 0 aliphatic heterocycles. The molecule has 0 fully saturated rings. The van der Waals surface area contributed by atoms with Crippen LogP contribution in [0.3, 0.4) is 0 Å². The van der Waals surface area contributed by atoms with Gasteiger partial charge in [0.15, 0.2) is 0 Å². The van der Waals surface area contributed by atoms with E-state index in [0.29, 0.717) is 0 Å². The van der Waals surface area contributed by atoms with Crippen molar-refractivity contribution in [1.82, 2.24) is 4.98 Å². The molecule has 0 radical (unpaired) electrons. The average molecular weight is 465 g/mol. The summed E-state index contributed by atoms with van der Waals surface area (Å²) in [6, 6.07) is 14.0. The lowest BCUT2D eigenvalue weighted by atomic mass is 10.0. The van der Waals surface area contributed by atoms with Crippen molar-refractivity contribution in [2.24, 2.45) is 0 Å². The van der Waals surface area contributed by atoms with Crippen LogP contribution in [0, 0.1) is 20.8 Å². The van der Waals surface area contributed by atoms with E-state index in [1.165, 1.54) is 0 Å². The number of thiol groups is 1. The standard InChI is InChI=1S/C27H32N2O3S/c1-17-11-21(20-9-8-10-23(33)14-20)13-22(12-17)29(26(30)32-27(4,5)6)16-24-19(3)25(31-7)18(2)15-28-24/h8-15,33H,16H2,1-7H3. The van der Waals surface area contributed by atoms with Crippen molar-refractivity contribution in [3.05, 3.63) is 71.0 Å². The van der Waals surface area contributed by atoms with Crippen LogP contribution in [0.5, 0.6) is 5.75 Å². The van der Waals surface area contributed by atoms with Gasteiger partial charge in [-0.2, -0.15) is 0 Å². The molecule has 174 valence electrons. The number of methoxy groups -OCH3 is 1. The van der Waals surface area contributed by atoms with Gasteiger partial charge in [-0.25, -0.2) is 4.79 Å². The number of amides is 1. The summed E-state index contributed by atoms with van der Waals surface area (Å²) in [4.78, 5) is 20.5. The lowest BCUT2D eigenvalue weighted by Crippen LogP contribution is -2.37. The van der Waals surface area contributed by atoms with Crippen LogP contribution >= 0.6 is 12.6 Å². The molecule has 1 heterocycles. The Hall–Kier alpha value is -2.99. The van der Waals surface area contributed by atoms with Gasteiger partial charge in [0.2, 0.25) is 0 Å². The molecule has 0 saturated heterocycles. The van der Waals surface area contributed by atoms with Crippen LogP contribution in [-0.2, 0) is 11.3 Å². The molecule has 0 spiro atoms. The molecule has 6 heteroatoms. The highest BCUT2D eigenvalue weighted by Crippen LogP contribution is 2.31. The topological polar surface area (TPSA) is 51.7 Å². The summed E-state index contributed by atoms with van der Waals surface area (Å²) in [5.41, 5.74) is 5.79. The number of carbonyl (C=O) groups excluding carboxylic acids is 1. The van der Waals surface area contributed by atoms with Crippen molar-refractivity contribution >= 4 is 24.4 Å². The number of hydrogen-bond acceptors (Lipinski definition) is 5. The third-order valence-corrected chi connectivity index (χ3v) is 5.50. The number of nitrogens with zero attached hydrogens (tertiary/aromatic N) is 2. The molecular weight excluding hydrogens is 432 g/mol. The van der Waals surface area contributed by atoms with Gasteiger partial charge in [-0.1, -0.05) is 18.2 Å². The molecule has 3 aromatic rings. The Kier molecular flexibility index (Phi) is 7.38. The first-order valence-corrected chi connectivity index (χ1v) is 11.3. The molecule has 3 rings (SSSR count). The van der Waals surface area contributed by atoms with Crippen LogP contribution in [-0.4, -0.2) is 23.8 Å². The smallest absolute Gasteiger partial charge is 0.415 e. The van der Waals surface area contributed by atoms with Crippen molar-refractivity contribution in [3.8, 4) is 16.9 Å². The fourth-order valence-electron chi connectivity index (χ4n) is 3.73. The predicted molar refractivity (Wildman–Crippen MR) is 137 cm³/mol. The Morgan fingerprint density at radius 1 is 1.06 bits per heavy atom. The first kappa shape index (κ1) is 24.6. The maximum atomic E-state index is 13.3. The van der Waals surface area contributed by atoms with Gasteiger partial charge in [0.05, 0.1) is 19.3 Å². The Bertz CT molecular complexity index is 1170. The molecule has 0 N–H and O–H groups in total. The van der Waals surface area contributed by atoms with Crippen molar-refractivity contribution in [2.75, 3.05) is 12.0 Å². The number of anilines is 1. The Labute approximate surface area is 202 Å². The second-order valence-corrected chi connectivity index (χ2v) is 9.74. The molecule has 33 heavy (non-hydrogen) atoms. The highest BCUT2D eigenvalue weighted by atomic mass is 32.1. The summed E-state index contributed by atoms with van der Waals surface area (Å²) in [7, 11) is 1.65. The quantitative estimate of drug-likeness (QED) is 0.417. The van der Waals surface area contributed by atoms with Gasteiger partial charge in [0.25, 0.3) is 0 Å². The molecule has 5 nitrogen and oxygen atoms in total. The first-order chi connectivity index (χ1) is 15.5. The number of ether oxygens (including phenoxy) is 2. The van der Waals surface area contributed by atoms with E-state index in [9.17, 15) is 4.79 Å². The van der Waals surface area contributed by atoms with Gasteiger partial charge in [-0.3, -0.25) is 9.88 Å². The molecule has 0 aliphatic rings. The number of aromatic nitrogens is 1. The number of rotatable bonds is 5. The Balaban J connectivity index is 2.10. The van der Waals surface area contributed by atoms with Gasteiger partial charge in [0.1, 0.15) is 11.4 Å². The van der Waals surface area contributed by atoms with Crippen LogP contribution in [0.1, 0.15) is 43.2 Å². The van der Waals surface area contributed by atoms with E-state index in [-0.39, 0.29) is 6.54 Å². The van der Waals surface area contributed by atoms with Gasteiger partial charge in [-0.15, -0.1) is 12.6 Å². The fraction of sp³-hybridized carbons (Fsp3) is 0.333. The zero-order chi connectivity index (χ0) is 24.3. The van der Waals surface area contributed by atoms with E-state index in [1.54, 1.807) is 18.2 Å². The third kappa shape index (κ3) is 6.08. The van der Waals surface area contributed by atoms with Gasteiger partial charge < -0.3 is 9.47 Å². The van der Waals surface area contributed by atoms with E-state index in [0.717, 1.165) is 49.8 Å². The maximum Gasteiger partial charge on any atom is 0.415 e. The van der Waals surface area contributed by atoms with Crippen LogP contribution in [0.15, 0.2) is 53.6 Å². The molecule has 0 aliphatic carbocycles. The van der Waals surface area contributed by atoms with E-state index in [4.69, 9.17) is 9.47 Å². The molecule has 1 amide bonds. The summed E-state index contributed by atoms with van der Waals surface area (Å²) in [6.07, 6.45) is 1.34. The molecule has 0 bridgehead atoms. The summed E-state index contributed by atoms with van der Waals surface area (Å²) >= 11 is 4.48. The second kappa shape index (κ2) is 9.87. The van der Waals surface area contributed by atoms with Crippen LogP contribution in [0.4, 0.5) is 10.5 Å². The van der Waals surface area contributed by atoms with Crippen molar-refractivity contribution in [3.63, 3.8) is 0 Å². The average Bonchev–Trinajstić information content (AvgIpc) is 2.72. The van der Waals surface area contributed by atoms with E-state index in [1.807, 2.05) is 77.9 Å². The van der Waals surface area contributed by atoms with Crippen LogP contribution in [0.2, 0.25) is 0 Å². The van der Waals surface area contributed by atoms with Crippen molar-refractivity contribution < 1.29 is 14.3 Å². The first-order valence-electron chi connectivity index (χ1n) is 10.9. The van der Waals surface area contributed by atoms with E-state index in [2.05, 4.69) is 23.7 Å². The summed E-state index contributed by atoms with van der Waals surface area (Å²) in [6.45, 7) is 11.8. The van der Waals surface area contributed by atoms with Crippen LogP contribution in [0.25, 0.3) is 11.1 Å². The largest absolute Gasteiger partial charge is 0.496 e. The van der Waals surface area contributed by atoms with Gasteiger partial charge >= 0.3 is 6.09 Å². The maximum absolute atomic E-state index is 13.3. The van der Waals surface area contributed by atoms with Crippen molar-refractivity contribution in [1.29, 1.82) is 0 Å². The van der Waals surface area contributed by atoms with Crippen LogP contribution < -0.4 is 9.64 Å². The van der Waals surface area contributed by atoms with Gasteiger partial charge in [-0.05, 0) is 82.5 Å². The lowest BCUT2D eigenvalue weighted by Gasteiger charge is -2.28. The highest BCUT2D eigenvalue weighted by molar-refractivity contribution is 7.80. The highest BCUT2D eigenvalue weighted by Gasteiger charge is 2.26. The molecule has 0 unspecified atom stereocenters. The lowest BCUT2D eigenvalue weighted by molar-refractivity contribution is 0.0577. The van der Waals surface area contributed by atoms with E-state index >= 15 is 0 Å². The zero-order valence-electron chi connectivity index (χ0n) is 20.4. The number of aryl methyl sites for hydroxylation is 2. The van der Waals surface area contributed by atoms with Crippen molar-refractivity contribution in [2.45, 2.75) is 58.6 Å². The monoisotopic (exact) mass is 464 g/mol. The second-order valence-electron chi connectivity index (χ2n) is 9.22. The minimum Gasteiger partial charge on any atom is -0.496 e. The zero-order valence-corrected chi connectivity index (χ0v) is 21.3. The van der Waals surface area contributed by atoms with Gasteiger partial charge in [0, 0.05) is 27.9 Å². The summed E-state index contributed by atoms with van der Waals surface area (Å²) in [5.74, 6) is 0.777. The Morgan fingerprint density at radius 2 is 1.79 bits per heavy atom. The number of carbonyl (C=O) groups is 1. The molecule has 0 saturated carbocycles. The number of pyridine rings is 1.